The minimum absolute atomic E-state index is 0.0151. The Labute approximate surface area is 122 Å². The van der Waals surface area contributed by atoms with E-state index < -0.39 is 28.6 Å². The molecule has 1 aromatic rings. The smallest absolute Gasteiger partial charge is 0.241 e. The van der Waals surface area contributed by atoms with Crippen LogP contribution in [-0.4, -0.2) is 27.0 Å². The van der Waals surface area contributed by atoms with Gasteiger partial charge in [0, 0.05) is 5.02 Å². The van der Waals surface area contributed by atoms with E-state index in [0.717, 1.165) is 0 Å². The highest BCUT2D eigenvalue weighted by Gasteiger charge is 2.23. The molecule has 5 nitrogen and oxygen atoms in total. The molecule has 0 bridgehead atoms. The number of sulfonamides is 1. The quantitative estimate of drug-likeness (QED) is 0.713. The maximum atomic E-state index is 12.1. The lowest BCUT2D eigenvalue weighted by Crippen LogP contribution is -2.44. The van der Waals surface area contributed by atoms with Gasteiger partial charge in [-0.2, -0.15) is 4.72 Å². The van der Waals surface area contributed by atoms with Crippen LogP contribution >= 0.6 is 11.6 Å². The van der Waals surface area contributed by atoms with Crippen molar-refractivity contribution in [2.75, 3.05) is 6.67 Å². The molecule has 1 amide bonds. The number of alkyl halides is 1. The van der Waals surface area contributed by atoms with Crippen LogP contribution in [0.15, 0.2) is 29.2 Å². The van der Waals surface area contributed by atoms with Crippen molar-refractivity contribution in [3.8, 4) is 0 Å². The summed E-state index contributed by atoms with van der Waals surface area (Å²) in [6.45, 7) is -0.518. The Morgan fingerprint density at radius 2 is 1.90 bits per heavy atom. The van der Waals surface area contributed by atoms with Crippen molar-refractivity contribution >= 4 is 27.5 Å². The number of nitrogens with one attached hydrogen (secondary N) is 1. The molecule has 8 heteroatoms. The molecule has 1 unspecified atom stereocenters. The zero-order valence-corrected chi connectivity index (χ0v) is 12.3. The molecular formula is C12H16ClFN2O3S. The number of hydrogen-bond donors (Lipinski definition) is 2. The van der Waals surface area contributed by atoms with E-state index in [9.17, 15) is 17.6 Å². The zero-order chi connectivity index (χ0) is 15.2. The Balaban J connectivity index is 2.80. The van der Waals surface area contributed by atoms with Gasteiger partial charge in [0.25, 0.3) is 0 Å². The Morgan fingerprint density at radius 3 is 2.40 bits per heavy atom. The maximum Gasteiger partial charge on any atom is 0.241 e. The fraction of sp³-hybridized carbons (Fsp3) is 0.417. The SMILES string of the molecule is NC(=O)C(CCCCF)NS(=O)(=O)c1ccc(Cl)cc1. The molecule has 0 saturated heterocycles. The van der Waals surface area contributed by atoms with Gasteiger partial charge < -0.3 is 5.73 Å². The third-order valence-electron chi connectivity index (χ3n) is 2.64. The highest BCUT2D eigenvalue weighted by atomic mass is 35.5. The summed E-state index contributed by atoms with van der Waals surface area (Å²) in [7, 11) is -3.86. The highest BCUT2D eigenvalue weighted by molar-refractivity contribution is 7.89. The Bertz CT molecular complexity index is 548. The number of primary amides is 1. The van der Waals surface area contributed by atoms with Gasteiger partial charge in [0.2, 0.25) is 15.9 Å². The molecule has 0 fully saturated rings. The number of carbonyl (C=O) groups is 1. The van der Waals surface area contributed by atoms with Crippen LogP contribution in [-0.2, 0) is 14.8 Å². The lowest BCUT2D eigenvalue weighted by molar-refractivity contribution is -0.119. The van der Waals surface area contributed by atoms with Crippen LogP contribution in [0.4, 0.5) is 4.39 Å². The standard InChI is InChI=1S/C12H16ClFN2O3S/c13-9-4-6-10(7-5-9)20(18,19)16-11(12(15)17)3-1-2-8-14/h4-7,11,16H,1-3,8H2,(H2,15,17). The predicted octanol–water partition coefficient (Wildman–Crippen LogP) is 1.61. The highest BCUT2D eigenvalue weighted by Crippen LogP contribution is 2.15. The molecule has 0 aromatic heterocycles. The van der Waals surface area contributed by atoms with Crippen molar-refractivity contribution in [3.63, 3.8) is 0 Å². The van der Waals surface area contributed by atoms with E-state index in [0.29, 0.717) is 11.4 Å². The normalized spacial score (nSPS) is 13.1. The van der Waals surface area contributed by atoms with Gasteiger partial charge in [0.1, 0.15) is 6.04 Å². The van der Waals surface area contributed by atoms with Crippen LogP contribution in [0.3, 0.4) is 0 Å². The molecule has 0 aliphatic rings. The van der Waals surface area contributed by atoms with E-state index in [1.54, 1.807) is 0 Å². The number of amides is 1. The van der Waals surface area contributed by atoms with Gasteiger partial charge in [-0.15, -0.1) is 0 Å². The molecule has 1 rings (SSSR count). The first-order valence-corrected chi connectivity index (χ1v) is 7.86. The monoisotopic (exact) mass is 322 g/mol. The van der Waals surface area contributed by atoms with Crippen molar-refractivity contribution in [2.45, 2.75) is 30.2 Å². The molecule has 0 radical (unpaired) electrons. The fourth-order valence-corrected chi connectivity index (χ4v) is 2.94. The molecule has 0 heterocycles. The molecule has 0 aliphatic carbocycles. The van der Waals surface area contributed by atoms with Crippen LogP contribution in [0.2, 0.25) is 5.02 Å². The van der Waals surface area contributed by atoms with Crippen LogP contribution < -0.4 is 10.5 Å². The average Bonchev–Trinajstić information content (AvgIpc) is 2.38. The number of unbranched alkanes of at least 4 members (excludes halogenated alkanes) is 1. The third kappa shape index (κ3) is 5.07. The van der Waals surface area contributed by atoms with Crippen LogP contribution in [0.1, 0.15) is 19.3 Å². The molecular weight excluding hydrogens is 307 g/mol. The second-order valence-electron chi connectivity index (χ2n) is 4.21. The second-order valence-corrected chi connectivity index (χ2v) is 6.37. The minimum atomic E-state index is -3.86. The molecule has 0 spiro atoms. The summed E-state index contributed by atoms with van der Waals surface area (Å²) in [6, 6.07) is 4.45. The molecule has 20 heavy (non-hydrogen) atoms. The summed E-state index contributed by atoms with van der Waals surface area (Å²) in [5.74, 6) is -0.790. The predicted molar refractivity (Wildman–Crippen MR) is 74.6 cm³/mol. The van der Waals surface area contributed by atoms with Crippen molar-refractivity contribution in [1.82, 2.24) is 4.72 Å². The van der Waals surface area contributed by atoms with Crippen LogP contribution in [0.5, 0.6) is 0 Å². The van der Waals surface area contributed by atoms with Gasteiger partial charge >= 0.3 is 0 Å². The number of hydrogen-bond acceptors (Lipinski definition) is 3. The first-order chi connectivity index (χ1) is 9.36. The van der Waals surface area contributed by atoms with Gasteiger partial charge in [-0.3, -0.25) is 9.18 Å². The van der Waals surface area contributed by atoms with Gasteiger partial charge in [0.15, 0.2) is 0 Å². The minimum Gasteiger partial charge on any atom is -0.368 e. The maximum absolute atomic E-state index is 12.1. The average molecular weight is 323 g/mol. The van der Waals surface area contributed by atoms with Crippen molar-refractivity contribution in [3.05, 3.63) is 29.3 Å². The largest absolute Gasteiger partial charge is 0.368 e. The van der Waals surface area contributed by atoms with E-state index in [1.807, 2.05) is 0 Å². The Kier molecular flexibility index (Phi) is 6.38. The molecule has 3 N–H and O–H groups in total. The summed E-state index contributed by atoms with van der Waals surface area (Å²) in [6.07, 6.45) is 0.784. The summed E-state index contributed by atoms with van der Waals surface area (Å²) < 4.78 is 38.3. The molecule has 0 saturated carbocycles. The summed E-state index contributed by atoms with van der Waals surface area (Å²) >= 11 is 5.68. The van der Waals surface area contributed by atoms with E-state index in [4.69, 9.17) is 17.3 Å². The van der Waals surface area contributed by atoms with Gasteiger partial charge in [-0.1, -0.05) is 11.6 Å². The van der Waals surface area contributed by atoms with Crippen molar-refractivity contribution in [1.29, 1.82) is 0 Å². The van der Waals surface area contributed by atoms with Crippen LogP contribution in [0, 0.1) is 0 Å². The summed E-state index contributed by atoms with van der Waals surface area (Å²) in [4.78, 5) is 11.2. The third-order valence-corrected chi connectivity index (χ3v) is 4.38. The zero-order valence-electron chi connectivity index (χ0n) is 10.7. The first kappa shape index (κ1) is 16.9. The summed E-state index contributed by atoms with van der Waals surface area (Å²) in [5, 5.41) is 0.401. The van der Waals surface area contributed by atoms with Gasteiger partial charge in [-0.25, -0.2) is 8.42 Å². The van der Waals surface area contributed by atoms with E-state index >= 15 is 0 Å². The molecule has 1 atom stereocenters. The summed E-state index contributed by atoms with van der Waals surface area (Å²) in [5.41, 5.74) is 5.15. The lowest BCUT2D eigenvalue weighted by atomic mass is 10.1. The lowest BCUT2D eigenvalue weighted by Gasteiger charge is -2.15. The van der Waals surface area contributed by atoms with Crippen LogP contribution in [0.25, 0.3) is 0 Å². The van der Waals surface area contributed by atoms with E-state index in [-0.39, 0.29) is 17.7 Å². The van der Waals surface area contributed by atoms with Crippen molar-refractivity contribution in [2.24, 2.45) is 5.73 Å². The molecule has 0 aliphatic heterocycles. The Morgan fingerprint density at radius 1 is 1.30 bits per heavy atom. The fourth-order valence-electron chi connectivity index (χ4n) is 1.57. The topological polar surface area (TPSA) is 89.3 Å². The molecule has 112 valence electrons. The number of halogens is 2. The number of benzene rings is 1. The first-order valence-electron chi connectivity index (χ1n) is 6.00. The number of nitrogens with two attached hydrogens (primary N) is 1. The second kappa shape index (κ2) is 7.56. The van der Waals surface area contributed by atoms with Crippen molar-refractivity contribution < 1.29 is 17.6 Å². The van der Waals surface area contributed by atoms with E-state index in [2.05, 4.69) is 4.72 Å². The number of rotatable bonds is 8. The van der Waals surface area contributed by atoms with E-state index in [1.165, 1.54) is 24.3 Å². The van der Waals surface area contributed by atoms with Gasteiger partial charge in [-0.05, 0) is 43.5 Å². The Hall–Kier alpha value is -1.18. The molecule has 1 aromatic carbocycles. The number of carbonyl (C=O) groups excluding carboxylic acids is 1. The van der Waals surface area contributed by atoms with Gasteiger partial charge in [0.05, 0.1) is 11.6 Å².